The fourth-order valence-electron chi connectivity index (χ4n) is 1.72. The number of sulfonamides is 1. The van der Waals surface area contributed by atoms with Crippen molar-refractivity contribution in [2.45, 2.75) is 24.6 Å². The van der Waals surface area contributed by atoms with Crippen molar-refractivity contribution in [2.24, 2.45) is 0 Å². The van der Waals surface area contributed by atoms with Crippen LogP contribution in [-0.4, -0.2) is 29.2 Å². The van der Waals surface area contributed by atoms with E-state index in [4.69, 9.17) is 11.6 Å². The Morgan fingerprint density at radius 1 is 1.40 bits per heavy atom. The molecule has 2 aromatic rings. The van der Waals surface area contributed by atoms with Gasteiger partial charge in [-0.2, -0.15) is 4.31 Å². The van der Waals surface area contributed by atoms with E-state index in [-0.39, 0.29) is 15.2 Å². The van der Waals surface area contributed by atoms with E-state index in [0.29, 0.717) is 12.2 Å². The van der Waals surface area contributed by atoms with E-state index in [1.54, 1.807) is 6.92 Å². The van der Waals surface area contributed by atoms with Gasteiger partial charge in [-0.25, -0.2) is 13.4 Å². The number of rotatable bonds is 5. The Labute approximate surface area is 127 Å². The van der Waals surface area contributed by atoms with Crippen molar-refractivity contribution in [3.05, 3.63) is 40.3 Å². The summed E-state index contributed by atoms with van der Waals surface area (Å²) in [6, 6.07) is 5.55. The Balaban J connectivity index is 2.28. The Morgan fingerprint density at radius 3 is 2.70 bits per heavy atom. The Kier molecular flexibility index (Phi) is 4.74. The molecule has 0 amide bonds. The largest absolute Gasteiger partial charge is 0.257 e. The third-order valence-corrected chi connectivity index (χ3v) is 6.16. The molecule has 0 bridgehead atoms. The molecule has 0 aliphatic carbocycles. The quantitative estimate of drug-likeness (QED) is 0.845. The first-order valence-corrected chi connectivity index (χ1v) is 8.61. The SMILES string of the molecule is CCN(Cc1cccc(C)n1)S(=O)(=O)c1cnc(Cl)s1. The zero-order valence-electron chi connectivity index (χ0n) is 11.1. The minimum absolute atomic E-state index is 0.150. The van der Waals surface area contributed by atoms with Crippen LogP contribution in [-0.2, 0) is 16.6 Å². The van der Waals surface area contributed by atoms with Gasteiger partial charge in [-0.1, -0.05) is 35.9 Å². The molecule has 2 rings (SSSR count). The highest BCUT2D eigenvalue weighted by atomic mass is 35.5. The number of nitrogens with zero attached hydrogens (tertiary/aromatic N) is 3. The van der Waals surface area contributed by atoms with E-state index < -0.39 is 10.0 Å². The zero-order chi connectivity index (χ0) is 14.8. The Bertz CT molecular complexity index is 700. The normalized spacial score (nSPS) is 12.0. The molecule has 5 nitrogen and oxygen atoms in total. The molecular weight excluding hydrogens is 318 g/mol. The molecule has 0 radical (unpaired) electrons. The lowest BCUT2D eigenvalue weighted by atomic mass is 10.3. The van der Waals surface area contributed by atoms with E-state index in [2.05, 4.69) is 9.97 Å². The number of hydrogen-bond donors (Lipinski definition) is 0. The summed E-state index contributed by atoms with van der Waals surface area (Å²) >= 11 is 6.66. The van der Waals surface area contributed by atoms with Gasteiger partial charge >= 0.3 is 0 Å². The van der Waals surface area contributed by atoms with Crippen molar-refractivity contribution in [1.29, 1.82) is 0 Å². The van der Waals surface area contributed by atoms with Gasteiger partial charge in [0.05, 0.1) is 18.4 Å². The van der Waals surface area contributed by atoms with E-state index >= 15 is 0 Å². The summed E-state index contributed by atoms with van der Waals surface area (Å²) in [4.78, 5) is 8.11. The van der Waals surface area contributed by atoms with Crippen LogP contribution in [0.3, 0.4) is 0 Å². The number of hydrogen-bond acceptors (Lipinski definition) is 5. The van der Waals surface area contributed by atoms with Crippen molar-refractivity contribution in [3.8, 4) is 0 Å². The summed E-state index contributed by atoms with van der Waals surface area (Å²) in [5, 5.41) is 0. The van der Waals surface area contributed by atoms with Crippen molar-refractivity contribution in [3.63, 3.8) is 0 Å². The van der Waals surface area contributed by atoms with Crippen LogP contribution in [0.4, 0.5) is 0 Å². The molecule has 8 heteroatoms. The standard InChI is InChI=1S/C12H14ClN3O2S2/c1-3-16(8-10-6-4-5-9(2)15-10)20(17,18)11-7-14-12(13)19-11/h4-7H,3,8H2,1-2H3. The first kappa shape index (κ1) is 15.4. The van der Waals surface area contributed by atoms with E-state index in [9.17, 15) is 8.42 Å². The van der Waals surface area contributed by atoms with Gasteiger partial charge in [0.2, 0.25) is 0 Å². The monoisotopic (exact) mass is 331 g/mol. The van der Waals surface area contributed by atoms with Gasteiger partial charge in [0.25, 0.3) is 10.0 Å². The highest BCUT2D eigenvalue weighted by Crippen LogP contribution is 2.26. The van der Waals surface area contributed by atoms with Gasteiger partial charge in [-0.15, -0.1) is 0 Å². The van der Waals surface area contributed by atoms with Crippen LogP contribution in [0.25, 0.3) is 0 Å². The third kappa shape index (κ3) is 3.35. The highest BCUT2D eigenvalue weighted by Gasteiger charge is 2.26. The third-order valence-electron chi connectivity index (χ3n) is 2.69. The number of aryl methyl sites for hydroxylation is 1. The number of aromatic nitrogens is 2. The number of thiazole rings is 1. The second-order valence-corrected chi connectivity index (χ2v) is 7.91. The molecule has 0 atom stereocenters. The predicted molar refractivity (Wildman–Crippen MR) is 79.4 cm³/mol. The fourth-order valence-corrected chi connectivity index (χ4v) is 4.59. The van der Waals surface area contributed by atoms with Crippen molar-refractivity contribution < 1.29 is 8.42 Å². The van der Waals surface area contributed by atoms with Crippen LogP contribution in [0.2, 0.25) is 4.47 Å². The molecule has 2 heterocycles. The molecule has 0 aliphatic heterocycles. The van der Waals surface area contributed by atoms with Gasteiger partial charge < -0.3 is 0 Å². The minimum atomic E-state index is -3.58. The fraction of sp³-hybridized carbons (Fsp3) is 0.333. The van der Waals surface area contributed by atoms with Gasteiger partial charge in [0.1, 0.15) is 0 Å². The summed E-state index contributed by atoms with van der Waals surface area (Å²) in [5.41, 5.74) is 1.57. The van der Waals surface area contributed by atoms with E-state index in [1.165, 1.54) is 10.5 Å². The zero-order valence-corrected chi connectivity index (χ0v) is 13.5. The van der Waals surface area contributed by atoms with Crippen LogP contribution < -0.4 is 0 Å². The average molecular weight is 332 g/mol. The molecule has 0 spiro atoms. The molecule has 0 unspecified atom stereocenters. The molecule has 0 fully saturated rings. The first-order chi connectivity index (χ1) is 9.43. The number of halogens is 1. The first-order valence-electron chi connectivity index (χ1n) is 5.97. The maximum absolute atomic E-state index is 12.5. The second-order valence-electron chi connectivity index (χ2n) is 4.13. The van der Waals surface area contributed by atoms with Gasteiger partial charge in [0, 0.05) is 12.2 Å². The molecule has 108 valence electrons. The smallest absolute Gasteiger partial charge is 0.254 e. The maximum atomic E-state index is 12.5. The maximum Gasteiger partial charge on any atom is 0.254 e. The molecule has 0 saturated heterocycles. The lowest BCUT2D eigenvalue weighted by molar-refractivity contribution is 0.420. The number of pyridine rings is 1. The Hall–Kier alpha value is -1.02. The van der Waals surface area contributed by atoms with Crippen LogP contribution in [0.15, 0.2) is 28.6 Å². The summed E-state index contributed by atoms with van der Waals surface area (Å²) in [7, 11) is -3.58. The molecule has 0 N–H and O–H groups in total. The van der Waals surface area contributed by atoms with Crippen LogP contribution in [0.5, 0.6) is 0 Å². The molecular formula is C12H14ClN3O2S2. The minimum Gasteiger partial charge on any atom is -0.257 e. The Morgan fingerprint density at radius 2 is 2.15 bits per heavy atom. The van der Waals surface area contributed by atoms with Crippen LogP contribution >= 0.6 is 22.9 Å². The highest BCUT2D eigenvalue weighted by molar-refractivity contribution is 7.91. The van der Waals surface area contributed by atoms with Gasteiger partial charge in [-0.3, -0.25) is 4.98 Å². The van der Waals surface area contributed by atoms with E-state index in [1.807, 2.05) is 25.1 Å². The van der Waals surface area contributed by atoms with Crippen LogP contribution in [0.1, 0.15) is 18.3 Å². The average Bonchev–Trinajstić information content (AvgIpc) is 2.83. The summed E-state index contributed by atoms with van der Waals surface area (Å²) in [5.74, 6) is 0. The lowest BCUT2D eigenvalue weighted by Crippen LogP contribution is -2.30. The second kappa shape index (κ2) is 6.17. The topological polar surface area (TPSA) is 63.2 Å². The summed E-state index contributed by atoms with van der Waals surface area (Å²) in [6.07, 6.45) is 1.29. The lowest BCUT2D eigenvalue weighted by Gasteiger charge is -2.18. The molecule has 0 aliphatic rings. The summed E-state index contributed by atoms with van der Waals surface area (Å²) in [6.45, 7) is 4.25. The molecule has 20 heavy (non-hydrogen) atoms. The van der Waals surface area contributed by atoms with Crippen molar-refractivity contribution >= 4 is 33.0 Å². The van der Waals surface area contributed by atoms with E-state index in [0.717, 1.165) is 17.0 Å². The van der Waals surface area contributed by atoms with Gasteiger partial charge in [0.15, 0.2) is 8.68 Å². The van der Waals surface area contributed by atoms with Crippen LogP contribution in [0, 0.1) is 6.92 Å². The van der Waals surface area contributed by atoms with Gasteiger partial charge in [-0.05, 0) is 19.1 Å². The molecule has 0 saturated carbocycles. The van der Waals surface area contributed by atoms with Crippen molar-refractivity contribution in [1.82, 2.24) is 14.3 Å². The predicted octanol–water partition coefficient (Wildman–Crippen LogP) is 2.71. The van der Waals surface area contributed by atoms with Crippen molar-refractivity contribution in [2.75, 3.05) is 6.54 Å². The molecule has 0 aromatic carbocycles. The summed E-state index contributed by atoms with van der Waals surface area (Å²) < 4.78 is 26.7. The molecule has 2 aromatic heterocycles.